The van der Waals surface area contributed by atoms with Crippen molar-refractivity contribution in [1.29, 1.82) is 0 Å². The Labute approximate surface area is 185 Å². The van der Waals surface area contributed by atoms with Crippen molar-refractivity contribution in [2.24, 2.45) is 7.05 Å². The Balaban J connectivity index is 1.94. The molecule has 2 aromatic heterocycles. The van der Waals surface area contributed by atoms with Gasteiger partial charge in [0.05, 0.1) is 24.5 Å². The van der Waals surface area contributed by atoms with Crippen molar-refractivity contribution in [2.45, 2.75) is 20.3 Å². The van der Waals surface area contributed by atoms with E-state index in [4.69, 9.17) is 0 Å². The summed E-state index contributed by atoms with van der Waals surface area (Å²) in [6, 6.07) is 15.1. The second-order valence-electron chi connectivity index (χ2n) is 7.96. The molecule has 164 valence electrons. The van der Waals surface area contributed by atoms with Crippen molar-refractivity contribution in [3.8, 4) is 5.69 Å². The largest absolute Gasteiger partial charge is 0.339 e. The molecule has 0 unspecified atom stereocenters. The molecule has 1 N–H and O–H groups in total. The monoisotopic (exact) mass is 431 g/mol. The zero-order chi connectivity index (χ0) is 23.0. The molecule has 0 aliphatic rings. The molecule has 0 saturated heterocycles. The summed E-state index contributed by atoms with van der Waals surface area (Å²) in [6.07, 6.45) is -0.00725. The summed E-state index contributed by atoms with van der Waals surface area (Å²) >= 11 is 0. The topological polar surface area (TPSA) is 89.2 Å². The lowest BCUT2D eigenvalue weighted by Gasteiger charge is -2.18. The van der Waals surface area contributed by atoms with E-state index in [1.165, 1.54) is 16.5 Å². The quantitative estimate of drug-likeness (QED) is 0.491. The van der Waals surface area contributed by atoms with Gasteiger partial charge in [0.15, 0.2) is 0 Å². The minimum Gasteiger partial charge on any atom is -0.339 e. The fourth-order valence-corrected chi connectivity index (χ4v) is 3.87. The van der Waals surface area contributed by atoms with E-state index in [1.54, 1.807) is 7.05 Å². The van der Waals surface area contributed by atoms with Crippen LogP contribution in [0.1, 0.15) is 18.2 Å². The van der Waals surface area contributed by atoms with Gasteiger partial charge >= 0.3 is 0 Å². The van der Waals surface area contributed by atoms with Crippen LogP contribution in [0.2, 0.25) is 0 Å². The van der Waals surface area contributed by atoms with Gasteiger partial charge in [0.1, 0.15) is 5.52 Å². The highest BCUT2D eigenvalue weighted by atomic mass is 16.2. The van der Waals surface area contributed by atoms with Gasteiger partial charge < -0.3 is 14.8 Å². The Kier molecular flexibility index (Phi) is 5.52. The summed E-state index contributed by atoms with van der Waals surface area (Å²) in [4.78, 5) is 39.1. The average molecular weight is 431 g/mol. The van der Waals surface area contributed by atoms with Crippen LogP contribution in [0.4, 0.5) is 0 Å². The van der Waals surface area contributed by atoms with E-state index < -0.39 is 0 Å². The lowest BCUT2D eigenvalue weighted by molar-refractivity contribution is -0.130. The van der Waals surface area contributed by atoms with E-state index in [0.29, 0.717) is 22.3 Å². The first-order valence-electron chi connectivity index (χ1n) is 10.3. The summed E-state index contributed by atoms with van der Waals surface area (Å²) in [5.74, 6) is -0.429. The highest BCUT2D eigenvalue weighted by Crippen LogP contribution is 2.29. The standard InChI is InChI=1S/C24H25N5O3/c1-15-10-11-18-20(12-15)28(4)23-22(18)19(13-21(31)27(3)14-25-16(2)30)26-29(24(23)32)17-8-6-5-7-9-17/h5-12H,13-14H2,1-4H3,(H,25,30). The molecule has 0 saturated carbocycles. The van der Waals surface area contributed by atoms with Crippen LogP contribution in [0, 0.1) is 6.92 Å². The molecule has 2 heterocycles. The van der Waals surface area contributed by atoms with Crippen molar-refractivity contribution >= 4 is 33.6 Å². The smallest absolute Gasteiger partial charge is 0.296 e. The van der Waals surface area contributed by atoms with Crippen molar-refractivity contribution < 1.29 is 9.59 Å². The molecule has 4 aromatic rings. The minimum atomic E-state index is -0.245. The van der Waals surface area contributed by atoms with E-state index in [-0.39, 0.29) is 30.5 Å². The molecule has 8 heteroatoms. The van der Waals surface area contributed by atoms with Crippen LogP contribution in [0.25, 0.3) is 27.5 Å². The van der Waals surface area contributed by atoms with E-state index >= 15 is 0 Å². The van der Waals surface area contributed by atoms with Crippen molar-refractivity contribution in [3.63, 3.8) is 0 Å². The average Bonchev–Trinajstić information content (AvgIpc) is 3.07. The Hall–Kier alpha value is -3.94. The number of amides is 2. The first-order chi connectivity index (χ1) is 15.3. The number of nitrogens with one attached hydrogen (secondary N) is 1. The lowest BCUT2D eigenvalue weighted by atomic mass is 10.1. The molecular formula is C24H25N5O3. The first-order valence-corrected chi connectivity index (χ1v) is 10.3. The number of carbonyl (C=O) groups is 2. The highest BCUT2D eigenvalue weighted by molar-refractivity contribution is 6.09. The number of fused-ring (bicyclic) bond motifs is 3. The molecule has 32 heavy (non-hydrogen) atoms. The van der Waals surface area contributed by atoms with Gasteiger partial charge in [0.25, 0.3) is 5.56 Å². The molecule has 4 rings (SSSR count). The van der Waals surface area contributed by atoms with Crippen molar-refractivity contribution in [1.82, 2.24) is 24.6 Å². The second-order valence-corrected chi connectivity index (χ2v) is 7.96. The first kappa shape index (κ1) is 21.3. The summed E-state index contributed by atoms with van der Waals surface area (Å²) in [6.45, 7) is 3.50. The number of rotatable bonds is 5. The van der Waals surface area contributed by atoms with Gasteiger partial charge in [-0.15, -0.1) is 0 Å². The summed E-state index contributed by atoms with van der Waals surface area (Å²) in [7, 11) is 3.48. The molecule has 0 fully saturated rings. The molecule has 0 bridgehead atoms. The predicted molar refractivity (Wildman–Crippen MR) is 124 cm³/mol. The molecule has 2 aromatic carbocycles. The molecule has 0 atom stereocenters. The van der Waals surface area contributed by atoms with Crippen LogP contribution < -0.4 is 10.9 Å². The third-order valence-electron chi connectivity index (χ3n) is 5.57. The SMILES string of the molecule is CC(=O)NCN(C)C(=O)Cc1nn(-c2ccccc2)c(=O)c2c1c1ccc(C)cc1n2C. The van der Waals surface area contributed by atoms with Gasteiger partial charge in [-0.2, -0.15) is 9.78 Å². The fourth-order valence-electron chi connectivity index (χ4n) is 3.87. The second kappa shape index (κ2) is 8.30. The van der Waals surface area contributed by atoms with Gasteiger partial charge in [0, 0.05) is 37.3 Å². The molecule has 0 aliphatic heterocycles. The number of para-hydroxylation sites is 1. The number of benzene rings is 2. The molecule has 8 nitrogen and oxygen atoms in total. The maximum Gasteiger partial charge on any atom is 0.296 e. The number of aromatic nitrogens is 3. The summed E-state index contributed by atoms with van der Waals surface area (Å²) < 4.78 is 3.22. The molecule has 0 spiro atoms. The van der Waals surface area contributed by atoms with Gasteiger partial charge in [0.2, 0.25) is 11.8 Å². The normalized spacial score (nSPS) is 11.1. The van der Waals surface area contributed by atoms with Gasteiger partial charge in [-0.05, 0) is 30.7 Å². The number of nitrogens with zero attached hydrogens (tertiary/aromatic N) is 4. The predicted octanol–water partition coefficient (Wildman–Crippen LogP) is 2.28. The summed E-state index contributed by atoms with van der Waals surface area (Å²) in [5, 5.41) is 8.81. The van der Waals surface area contributed by atoms with Gasteiger partial charge in [-0.3, -0.25) is 14.4 Å². The van der Waals surface area contributed by atoms with Crippen LogP contribution >= 0.6 is 0 Å². The lowest BCUT2D eigenvalue weighted by Crippen LogP contribution is -2.39. The summed E-state index contributed by atoms with van der Waals surface area (Å²) in [5.41, 5.74) is 3.37. The molecular weight excluding hydrogens is 406 g/mol. The fraction of sp³-hybridized carbons (Fsp3) is 0.250. The number of carbonyl (C=O) groups excluding carboxylic acids is 2. The minimum absolute atomic E-state index is 0.00725. The van der Waals surface area contributed by atoms with E-state index in [2.05, 4.69) is 10.4 Å². The number of hydrogen-bond donors (Lipinski definition) is 1. The number of likely N-dealkylation sites (N-methyl/N-ethyl adjacent to an activating group) is 1. The van der Waals surface area contributed by atoms with E-state index in [9.17, 15) is 14.4 Å². The molecule has 0 radical (unpaired) electrons. The Morgan fingerprint density at radius 2 is 1.84 bits per heavy atom. The van der Waals surface area contributed by atoms with Crippen LogP contribution in [0.5, 0.6) is 0 Å². The number of aryl methyl sites for hydroxylation is 2. The van der Waals surface area contributed by atoms with Crippen LogP contribution in [-0.4, -0.2) is 44.8 Å². The third kappa shape index (κ3) is 3.75. The highest BCUT2D eigenvalue weighted by Gasteiger charge is 2.22. The maximum absolute atomic E-state index is 13.5. The number of hydrogen-bond acceptors (Lipinski definition) is 4. The molecule has 0 aliphatic carbocycles. The van der Waals surface area contributed by atoms with E-state index in [1.807, 2.05) is 67.1 Å². The third-order valence-corrected chi connectivity index (χ3v) is 5.57. The molecule has 2 amide bonds. The van der Waals surface area contributed by atoms with Crippen LogP contribution in [0.15, 0.2) is 53.3 Å². The van der Waals surface area contributed by atoms with Gasteiger partial charge in [-0.25, -0.2) is 0 Å². The van der Waals surface area contributed by atoms with Gasteiger partial charge in [-0.1, -0.05) is 30.3 Å². The van der Waals surface area contributed by atoms with Crippen LogP contribution in [-0.2, 0) is 23.1 Å². The maximum atomic E-state index is 13.5. The van der Waals surface area contributed by atoms with E-state index in [0.717, 1.165) is 16.5 Å². The zero-order valence-electron chi connectivity index (χ0n) is 18.5. The Bertz CT molecular complexity index is 1400. The Morgan fingerprint density at radius 3 is 2.53 bits per heavy atom. The van der Waals surface area contributed by atoms with Crippen molar-refractivity contribution in [3.05, 3.63) is 70.1 Å². The van der Waals surface area contributed by atoms with Crippen molar-refractivity contribution in [2.75, 3.05) is 13.7 Å². The van der Waals surface area contributed by atoms with Crippen LogP contribution in [0.3, 0.4) is 0 Å². The zero-order valence-corrected chi connectivity index (χ0v) is 18.5. The Morgan fingerprint density at radius 1 is 1.12 bits per heavy atom.